The fourth-order valence-electron chi connectivity index (χ4n) is 1.04. The van der Waals surface area contributed by atoms with Crippen molar-refractivity contribution in [1.82, 2.24) is 9.97 Å². The largest absolute Gasteiger partial charge is 0.336 e. The second-order valence-corrected chi connectivity index (χ2v) is 4.20. The maximum atomic E-state index is 4.36. The Morgan fingerprint density at radius 1 is 1.58 bits per heavy atom. The van der Waals surface area contributed by atoms with Gasteiger partial charge in [-0.2, -0.15) is 0 Å². The summed E-state index contributed by atoms with van der Waals surface area (Å²) in [5.41, 5.74) is 1.00. The SMILES string of the molecule is Cc1nc(-c2cccs2)c(Br)[nH]1. The molecule has 0 unspecified atom stereocenters. The summed E-state index contributed by atoms with van der Waals surface area (Å²) in [4.78, 5) is 8.66. The lowest BCUT2D eigenvalue weighted by atomic mass is 10.4. The van der Waals surface area contributed by atoms with E-state index in [2.05, 4.69) is 32.0 Å². The van der Waals surface area contributed by atoms with Crippen LogP contribution in [0.1, 0.15) is 5.82 Å². The van der Waals surface area contributed by atoms with Gasteiger partial charge < -0.3 is 4.98 Å². The molecule has 1 N–H and O–H groups in total. The van der Waals surface area contributed by atoms with E-state index in [-0.39, 0.29) is 0 Å². The molecule has 62 valence electrons. The van der Waals surface area contributed by atoms with Gasteiger partial charge in [0, 0.05) is 0 Å². The summed E-state index contributed by atoms with van der Waals surface area (Å²) in [6.45, 7) is 1.95. The molecule has 2 heterocycles. The van der Waals surface area contributed by atoms with Crippen LogP contribution in [-0.4, -0.2) is 9.97 Å². The summed E-state index contributed by atoms with van der Waals surface area (Å²) in [5.74, 6) is 0.935. The molecular weight excluding hydrogens is 236 g/mol. The third kappa shape index (κ3) is 1.32. The molecule has 0 spiro atoms. The zero-order valence-electron chi connectivity index (χ0n) is 6.47. The summed E-state index contributed by atoms with van der Waals surface area (Å²) in [7, 11) is 0. The zero-order valence-corrected chi connectivity index (χ0v) is 8.87. The van der Waals surface area contributed by atoms with E-state index >= 15 is 0 Å². The van der Waals surface area contributed by atoms with Gasteiger partial charge in [0.15, 0.2) is 0 Å². The molecule has 0 aliphatic carbocycles. The number of imidazole rings is 1. The Morgan fingerprint density at radius 2 is 2.42 bits per heavy atom. The zero-order chi connectivity index (χ0) is 8.55. The third-order valence-electron chi connectivity index (χ3n) is 1.53. The van der Waals surface area contributed by atoms with Crippen LogP contribution in [0.2, 0.25) is 0 Å². The van der Waals surface area contributed by atoms with Crippen molar-refractivity contribution in [2.24, 2.45) is 0 Å². The molecule has 0 saturated carbocycles. The fourth-order valence-corrected chi connectivity index (χ4v) is 2.48. The number of aryl methyl sites for hydroxylation is 1. The van der Waals surface area contributed by atoms with E-state index in [1.165, 1.54) is 4.88 Å². The van der Waals surface area contributed by atoms with E-state index in [4.69, 9.17) is 0 Å². The maximum Gasteiger partial charge on any atom is 0.113 e. The van der Waals surface area contributed by atoms with E-state index < -0.39 is 0 Å². The van der Waals surface area contributed by atoms with Crippen molar-refractivity contribution < 1.29 is 0 Å². The number of hydrogen-bond acceptors (Lipinski definition) is 2. The van der Waals surface area contributed by atoms with Gasteiger partial charge in [0.2, 0.25) is 0 Å². The Kier molecular flexibility index (Phi) is 2.02. The van der Waals surface area contributed by atoms with Crippen molar-refractivity contribution >= 4 is 27.3 Å². The number of aromatic amines is 1. The van der Waals surface area contributed by atoms with Crippen LogP contribution in [0.3, 0.4) is 0 Å². The van der Waals surface area contributed by atoms with Gasteiger partial charge in [0.25, 0.3) is 0 Å². The molecule has 0 aromatic carbocycles. The van der Waals surface area contributed by atoms with Gasteiger partial charge >= 0.3 is 0 Å². The lowest BCUT2D eigenvalue weighted by molar-refractivity contribution is 1.14. The van der Waals surface area contributed by atoms with Gasteiger partial charge in [-0.15, -0.1) is 11.3 Å². The van der Waals surface area contributed by atoms with E-state index in [0.717, 1.165) is 16.1 Å². The number of aromatic nitrogens is 2. The fraction of sp³-hybridized carbons (Fsp3) is 0.125. The molecule has 0 aliphatic rings. The second kappa shape index (κ2) is 3.03. The van der Waals surface area contributed by atoms with Gasteiger partial charge in [-0.1, -0.05) is 6.07 Å². The van der Waals surface area contributed by atoms with Crippen LogP contribution >= 0.6 is 27.3 Å². The molecule has 4 heteroatoms. The van der Waals surface area contributed by atoms with E-state index in [9.17, 15) is 0 Å². The summed E-state index contributed by atoms with van der Waals surface area (Å²) in [6.07, 6.45) is 0. The highest BCUT2D eigenvalue weighted by Crippen LogP contribution is 2.29. The second-order valence-electron chi connectivity index (χ2n) is 2.46. The average molecular weight is 243 g/mol. The lowest BCUT2D eigenvalue weighted by Gasteiger charge is -1.88. The first-order chi connectivity index (χ1) is 5.77. The minimum Gasteiger partial charge on any atom is -0.336 e. The topological polar surface area (TPSA) is 28.7 Å². The lowest BCUT2D eigenvalue weighted by Crippen LogP contribution is -1.72. The molecule has 2 aromatic heterocycles. The molecule has 0 aliphatic heterocycles. The molecule has 0 saturated heterocycles. The van der Waals surface area contributed by atoms with Crippen molar-refractivity contribution in [3.63, 3.8) is 0 Å². The summed E-state index contributed by atoms with van der Waals surface area (Å²) < 4.78 is 0.961. The van der Waals surface area contributed by atoms with Gasteiger partial charge in [0.05, 0.1) is 4.88 Å². The number of hydrogen-bond donors (Lipinski definition) is 1. The Labute approximate surface area is 82.8 Å². The quantitative estimate of drug-likeness (QED) is 0.818. The number of thiophene rings is 1. The molecule has 0 radical (unpaired) electrons. The van der Waals surface area contributed by atoms with Crippen LogP contribution in [0.5, 0.6) is 0 Å². The predicted molar refractivity (Wildman–Crippen MR) is 54.3 cm³/mol. The van der Waals surface area contributed by atoms with Crippen molar-refractivity contribution in [2.45, 2.75) is 6.92 Å². The first kappa shape index (κ1) is 8.01. The van der Waals surface area contributed by atoms with E-state index in [0.29, 0.717) is 0 Å². The van der Waals surface area contributed by atoms with Crippen LogP contribution in [0.15, 0.2) is 22.1 Å². The van der Waals surface area contributed by atoms with Crippen molar-refractivity contribution in [3.05, 3.63) is 27.9 Å². The standard InChI is InChI=1S/C8H7BrN2S/c1-5-10-7(8(9)11-5)6-3-2-4-12-6/h2-4H,1H3,(H,10,11). The predicted octanol–water partition coefficient (Wildman–Crippen LogP) is 3.21. The van der Waals surface area contributed by atoms with Crippen LogP contribution in [0.4, 0.5) is 0 Å². The normalized spacial score (nSPS) is 10.5. The average Bonchev–Trinajstić information content (AvgIpc) is 2.58. The van der Waals surface area contributed by atoms with Crippen molar-refractivity contribution in [3.8, 4) is 10.6 Å². The molecule has 12 heavy (non-hydrogen) atoms. The Bertz CT molecular complexity index is 378. The Balaban J connectivity index is 2.54. The number of halogens is 1. The molecule has 0 bridgehead atoms. The Morgan fingerprint density at radius 3 is 2.92 bits per heavy atom. The van der Waals surface area contributed by atoms with Gasteiger partial charge in [-0.3, -0.25) is 0 Å². The molecule has 2 nitrogen and oxygen atoms in total. The van der Waals surface area contributed by atoms with Crippen molar-refractivity contribution in [1.29, 1.82) is 0 Å². The van der Waals surface area contributed by atoms with E-state index in [1.54, 1.807) is 11.3 Å². The van der Waals surface area contributed by atoms with Gasteiger partial charge in [0.1, 0.15) is 16.1 Å². The van der Waals surface area contributed by atoms with Crippen LogP contribution < -0.4 is 0 Å². The Hall–Kier alpha value is -0.610. The van der Waals surface area contributed by atoms with Crippen LogP contribution in [0, 0.1) is 6.92 Å². The molecule has 2 rings (SSSR count). The molecule has 0 fully saturated rings. The first-order valence-corrected chi connectivity index (χ1v) is 5.20. The number of nitrogens with one attached hydrogen (secondary N) is 1. The van der Waals surface area contributed by atoms with Gasteiger partial charge in [-0.25, -0.2) is 4.98 Å². The maximum absolute atomic E-state index is 4.36. The minimum atomic E-state index is 0.935. The first-order valence-electron chi connectivity index (χ1n) is 3.53. The summed E-state index contributed by atoms with van der Waals surface area (Å²) >= 11 is 5.12. The third-order valence-corrected chi connectivity index (χ3v) is 2.98. The van der Waals surface area contributed by atoms with Crippen molar-refractivity contribution in [2.75, 3.05) is 0 Å². The molecule has 0 atom stereocenters. The number of nitrogens with zero attached hydrogens (tertiary/aromatic N) is 1. The minimum absolute atomic E-state index is 0.935. The number of H-pyrrole nitrogens is 1. The van der Waals surface area contributed by atoms with Crippen LogP contribution in [0.25, 0.3) is 10.6 Å². The monoisotopic (exact) mass is 242 g/mol. The van der Waals surface area contributed by atoms with E-state index in [1.807, 2.05) is 18.4 Å². The molecule has 0 amide bonds. The van der Waals surface area contributed by atoms with Crippen LogP contribution in [-0.2, 0) is 0 Å². The molecule has 2 aromatic rings. The number of rotatable bonds is 1. The highest BCUT2D eigenvalue weighted by Gasteiger charge is 2.07. The highest BCUT2D eigenvalue weighted by atomic mass is 79.9. The summed E-state index contributed by atoms with van der Waals surface area (Å²) in [5, 5.41) is 2.05. The van der Waals surface area contributed by atoms with Gasteiger partial charge in [-0.05, 0) is 34.3 Å². The smallest absolute Gasteiger partial charge is 0.113 e. The highest BCUT2D eigenvalue weighted by molar-refractivity contribution is 9.10. The molecular formula is C8H7BrN2S. The summed E-state index contributed by atoms with van der Waals surface area (Å²) in [6, 6.07) is 4.08.